The summed E-state index contributed by atoms with van der Waals surface area (Å²) < 4.78 is 6.15. The Morgan fingerprint density at radius 2 is 2.09 bits per heavy atom. The third-order valence-electron chi connectivity index (χ3n) is 3.89. The highest BCUT2D eigenvalue weighted by atomic mass is 79.9. The number of carboxylic acids is 1. The van der Waals surface area contributed by atoms with E-state index in [2.05, 4.69) is 15.9 Å². The first kappa shape index (κ1) is 17.3. The minimum absolute atomic E-state index is 0.164. The molecule has 1 N–H and O–H groups in total. The van der Waals surface area contributed by atoms with Crippen molar-refractivity contribution in [1.82, 2.24) is 4.90 Å². The Morgan fingerprint density at radius 1 is 1.43 bits per heavy atom. The van der Waals surface area contributed by atoms with Crippen LogP contribution in [0.4, 0.5) is 5.69 Å². The van der Waals surface area contributed by atoms with Crippen LogP contribution in [-0.4, -0.2) is 53.5 Å². The molecule has 23 heavy (non-hydrogen) atoms. The van der Waals surface area contributed by atoms with E-state index in [1.165, 1.54) is 25.8 Å². The molecular weight excluding hydrogens is 368 g/mol. The number of aliphatic carboxylic acids is 1. The van der Waals surface area contributed by atoms with Gasteiger partial charge in [-0.25, -0.2) is 4.79 Å². The van der Waals surface area contributed by atoms with Crippen LogP contribution < -0.4 is 9.64 Å². The van der Waals surface area contributed by atoms with Gasteiger partial charge in [0.05, 0.1) is 5.69 Å². The first-order valence-electron chi connectivity index (χ1n) is 6.87. The summed E-state index contributed by atoms with van der Waals surface area (Å²) in [5, 5.41) is 9.21. The molecule has 1 aromatic rings. The molecule has 2 rings (SSSR count). The number of nitrogens with zero attached hydrogens (tertiary/aromatic N) is 2. The Bertz CT molecular complexity index is 674. The summed E-state index contributed by atoms with van der Waals surface area (Å²) in [5.41, 5.74) is -0.881. The summed E-state index contributed by atoms with van der Waals surface area (Å²) in [6.45, 7) is 2.45. The van der Waals surface area contributed by atoms with Gasteiger partial charge in [-0.2, -0.15) is 0 Å². The molecule has 0 saturated carbocycles. The Morgan fingerprint density at radius 3 is 2.70 bits per heavy atom. The number of fused-ring (bicyclic) bond motifs is 1. The predicted molar refractivity (Wildman–Crippen MR) is 86.5 cm³/mol. The van der Waals surface area contributed by atoms with Gasteiger partial charge in [-0.3, -0.25) is 14.5 Å². The number of anilines is 1. The number of halogens is 1. The smallest absolute Gasteiger partial charge is 0.329 e. The molecule has 1 aliphatic rings. The quantitative estimate of drug-likeness (QED) is 0.849. The zero-order chi connectivity index (χ0) is 17.4. The van der Waals surface area contributed by atoms with Gasteiger partial charge in [0.2, 0.25) is 5.91 Å². The lowest BCUT2D eigenvalue weighted by Crippen LogP contribution is -2.54. The molecule has 1 aromatic carbocycles. The van der Waals surface area contributed by atoms with E-state index in [1.54, 1.807) is 18.2 Å². The van der Waals surface area contributed by atoms with E-state index in [0.29, 0.717) is 11.4 Å². The topological polar surface area (TPSA) is 87.2 Å². The summed E-state index contributed by atoms with van der Waals surface area (Å²) in [6.07, 6.45) is 0. The van der Waals surface area contributed by atoms with Gasteiger partial charge in [0, 0.05) is 11.5 Å². The fraction of sp³-hybridized carbons (Fsp3) is 0.400. The highest BCUT2D eigenvalue weighted by Crippen LogP contribution is 2.34. The Labute approximate surface area is 141 Å². The molecule has 0 radical (unpaired) electrons. The average molecular weight is 385 g/mol. The molecule has 2 amide bonds. The summed E-state index contributed by atoms with van der Waals surface area (Å²) in [7, 11) is 1.41. The molecule has 0 bridgehead atoms. The summed E-state index contributed by atoms with van der Waals surface area (Å²) in [4.78, 5) is 38.2. The number of hydrogen-bond donors (Lipinski definition) is 1. The Hall–Kier alpha value is -2.09. The highest BCUT2D eigenvalue weighted by molar-refractivity contribution is 9.10. The second-order valence-corrected chi connectivity index (χ2v) is 6.61. The first-order chi connectivity index (χ1) is 10.6. The van der Waals surface area contributed by atoms with Gasteiger partial charge in [0.25, 0.3) is 5.91 Å². The molecule has 7 nitrogen and oxygen atoms in total. The molecule has 0 unspecified atom stereocenters. The third kappa shape index (κ3) is 3.31. The molecule has 0 fully saturated rings. The average Bonchev–Trinajstić information content (AvgIpc) is 2.48. The number of rotatable bonds is 4. The minimum atomic E-state index is -1.37. The summed E-state index contributed by atoms with van der Waals surface area (Å²) >= 11 is 3.32. The van der Waals surface area contributed by atoms with Crippen molar-refractivity contribution in [3.63, 3.8) is 0 Å². The maximum atomic E-state index is 12.4. The van der Waals surface area contributed by atoms with Crippen LogP contribution >= 0.6 is 15.9 Å². The number of likely N-dealkylation sites (N-methyl/N-ethyl adjacent to an activating group) is 1. The third-order valence-corrected chi connectivity index (χ3v) is 4.39. The van der Waals surface area contributed by atoms with E-state index in [4.69, 9.17) is 4.74 Å². The second kappa shape index (κ2) is 6.19. The molecule has 0 atom stereocenters. The molecule has 0 aromatic heterocycles. The van der Waals surface area contributed by atoms with Crippen molar-refractivity contribution >= 4 is 39.4 Å². The van der Waals surface area contributed by atoms with Crippen LogP contribution in [0.1, 0.15) is 13.8 Å². The molecule has 8 heteroatoms. The van der Waals surface area contributed by atoms with Crippen molar-refractivity contribution in [3.8, 4) is 5.75 Å². The molecule has 1 aliphatic heterocycles. The van der Waals surface area contributed by atoms with Crippen LogP contribution in [0.15, 0.2) is 22.7 Å². The minimum Gasteiger partial charge on any atom is -0.482 e. The van der Waals surface area contributed by atoms with Crippen LogP contribution in [-0.2, 0) is 14.4 Å². The van der Waals surface area contributed by atoms with Crippen molar-refractivity contribution in [2.24, 2.45) is 0 Å². The van der Waals surface area contributed by atoms with E-state index in [-0.39, 0.29) is 19.1 Å². The summed E-state index contributed by atoms with van der Waals surface area (Å²) in [5.74, 6) is -1.45. The van der Waals surface area contributed by atoms with Crippen molar-refractivity contribution < 1.29 is 24.2 Å². The number of ether oxygens (including phenoxy) is 1. The van der Waals surface area contributed by atoms with E-state index in [9.17, 15) is 19.5 Å². The van der Waals surface area contributed by atoms with Crippen LogP contribution in [0.2, 0.25) is 0 Å². The normalized spacial score (nSPS) is 14.1. The van der Waals surface area contributed by atoms with Crippen molar-refractivity contribution in [1.29, 1.82) is 0 Å². The van der Waals surface area contributed by atoms with E-state index >= 15 is 0 Å². The molecule has 1 heterocycles. The second-order valence-electron chi connectivity index (χ2n) is 5.70. The lowest BCUT2D eigenvalue weighted by Gasteiger charge is -2.35. The highest BCUT2D eigenvalue weighted by Gasteiger charge is 2.37. The lowest BCUT2D eigenvalue weighted by molar-refractivity contribution is -0.154. The monoisotopic (exact) mass is 384 g/mol. The number of benzene rings is 1. The van der Waals surface area contributed by atoms with Gasteiger partial charge >= 0.3 is 5.97 Å². The predicted octanol–water partition coefficient (Wildman–Crippen LogP) is 1.50. The van der Waals surface area contributed by atoms with Gasteiger partial charge < -0.3 is 14.7 Å². The van der Waals surface area contributed by atoms with Gasteiger partial charge in [-0.1, -0.05) is 15.9 Å². The van der Waals surface area contributed by atoms with Gasteiger partial charge in [0.1, 0.15) is 17.8 Å². The number of carbonyl (C=O) groups is 3. The van der Waals surface area contributed by atoms with Crippen molar-refractivity contribution in [3.05, 3.63) is 22.7 Å². The van der Waals surface area contributed by atoms with E-state index < -0.39 is 17.4 Å². The van der Waals surface area contributed by atoms with Crippen LogP contribution in [0.25, 0.3) is 0 Å². The molecule has 124 valence electrons. The number of carbonyl (C=O) groups excluding carboxylic acids is 2. The maximum absolute atomic E-state index is 12.4. The SMILES string of the molecule is CN(C(=O)CN1C(=O)COc2cc(Br)ccc21)C(C)(C)C(=O)O. The zero-order valence-electron chi connectivity index (χ0n) is 13.0. The zero-order valence-corrected chi connectivity index (χ0v) is 14.6. The molecule has 0 aliphatic carbocycles. The van der Waals surface area contributed by atoms with E-state index in [1.807, 2.05) is 0 Å². The van der Waals surface area contributed by atoms with Crippen LogP contribution in [0.5, 0.6) is 5.75 Å². The van der Waals surface area contributed by atoms with Crippen molar-refractivity contribution in [2.75, 3.05) is 25.1 Å². The fourth-order valence-electron chi connectivity index (χ4n) is 2.05. The van der Waals surface area contributed by atoms with E-state index in [0.717, 1.165) is 9.37 Å². The first-order valence-corrected chi connectivity index (χ1v) is 7.66. The van der Waals surface area contributed by atoms with Gasteiger partial charge in [-0.15, -0.1) is 0 Å². The van der Waals surface area contributed by atoms with Crippen molar-refractivity contribution in [2.45, 2.75) is 19.4 Å². The largest absolute Gasteiger partial charge is 0.482 e. The van der Waals surface area contributed by atoms with Gasteiger partial charge in [-0.05, 0) is 32.0 Å². The molecule has 0 saturated heterocycles. The fourth-order valence-corrected chi connectivity index (χ4v) is 2.39. The van der Waals surface area contributed by atoms with Gasteiger partial charge in [0.15, 0.2) is 6.61 Å². The maximum Gasteiger partial charge on any atom is 0.329 e. The molecular formula is C15H17BrN2O5. The van der Waals surface area contributed by atoms with Crippen LogP contribution in [0, 0.1) is 0 Å². The Balaban J connectivity index is 2.25. The standard InChI is InChI=1S/C15H17BrN2O5/c1-15(2,14(21)22)17(3)12(19)7-18-10-5-4-9(16)6-11(10)23-8-13(18)20/h4-6H,7-8H2,1-3H3,(H,21,22). The number of amides is 2. The number of hydrogen-bond acceptors (Lipinski definition) is 4. The molecule has 0 spiro atoms. The number of carboxylic acid groups (broad SMARTS) is 1. The summed E-state index contributed by atoms with van der Waals surface area (Å²) in [6, 6.07) is 5.12. The Kier molecular flexibility index (Phi) is 4.65. The lowest BCUT2D eigenvalue weighted by atomic mass is 10.0. The van der Waals surface area contributed by atoms with Crippen LogP contribution in [0.3, 0.4) is 0 Å².